The van der Waals surface area contributed by atoms with Crippen LogP contribution in [-0.4, -0.2) is 43.1 Å². The average molecular weight is 711 g/mol. The molecule has 0 amide bonds. The lowest BCUT2D eigenvalue weighted by Gasteiger charge is -2.24. The van der Waals surface area contributed by atoms with Crippen LogP contribution >= 0.6 is 23.2 Å². The molecule has 0 aliphatic heterocycles. The van der Waals surface area contributed by atoms with E-state index in [1.807, 2.05) is 54.6 Å². The number of rotatable bonds is 12. The highest BCUT2D eigenvalue weighted by molar-refractivity contribution is 7.91. The number of carboxylic acids is 1. The highest BCUT2D eigenvalue weighted by atomic mass is 35.5. The number of benzene rings is 5. The molecule has 0 aliphatic carbocycles. The summed E-state index contributed by atoms with van der Waals surface area (Å²) in [5, 5.41) is 19.7. The van der Waals surface area contributed by atoms with Gasteiger partial charge in [0.05, 0.1) is 21.2 Å². The summed E-state index contributed by atoms with van der Waals surface area (Å²) in [5.41, 5.74) is 3.74. The van der Waals surface area contributed by atoms with Crippen LogP contribution in [0.1, 0.15) is 27.0 Å². The van der Waals surface area contributed by atoms with Crippen molar-refractivity contribution in [3.63, 3.8) is 0 Å². The molecular formula is C35H29Cl2NO7S2. The summed E-state index contributed by atoms with van der Waals surface area (Å²) in [6.07, 6.45) is 0.103. The zero-order chi connectivity index (χ0) is 33.8. The standard InChI is InChI=1S/C35H29Cl2NO7S2/c36-30-20-32(37)34(39)33(21-30)47(44,45)38(22-25-12-14-28(15-13-25)27-8-2-1-3-9-27)23-26-7-4-6-24(18-26)16-17-46(42,43)31-11-5-10-29(19-31)35(40)41/h1-15,18-21,39H,16-17,22-23H2,(H,40,41). The van der Waals surface area contributed by atoms with Gasteiger partial charge in [0.15, 0.2) is 15.6 Å². The Bertz CT molecular complexity index is 2140. The van der Waals surface area contributed by atoms with Crippen molar-refractivity contribution in [2.75, 3.05) is 5.75 Å². The molecule has 0 saturated heterocycles. The Morgan fingerprint density at radius 3 is 2.02 bits per heavy atom. The Balaban J connectivity index is 1.43. The molecule has 5 aromatic rings. The largest absolute Gasteiger partial charge is 0.505 e. The van der Waals surface area contributed by atoms with Gasteiger partial charge in [0.2, 0.25) is 10.0 Å². The zero-order valence-corrected chi connectivity index (χ0v) is 27.9. The van der Waals surface area contributed by atoms with Crippen LogP contribution in [0.4, 0.5) is 0 Å². The molecule has 47 heavy (non-hydrogen) atoms. The molecule has 0 saturated carbocycles. The van der Waals surface area contributed by atoms with Crippen molar-refractivity contribution in [2.45, 2.75) is 29.3 Å². The van der Waals surface area contributed by atoms with Crippen LogP contribution in [0.5, 0.6) is 5.75 Å². The van der Waals surface area contributed by atoms with Crippen LogP contribution in [0.25, 0.3) is 11.1 Å². The smallest absolute Gasteiger partial charge is 0.335 e. The molecule has 0 aliphatic rings. The number of aryl methyl sites for hydroxylation is 1. The summed E-state index contributed by atoms with van der Waals surface area (Å²) < 4.78 is 55.3. The van der Waals surface area contributed by atoms with Gasteiger partial charge in [0.1, 0.15) is 4.90 Å². The Hall–Kier alpha value is -4.19. The Labute approximate surface area is 283 Å². The summed E-state index contributed by atoms with van der Waals surface area (Å²) >= 11 is 12.2. The maximum absolute atomic E-state index is 14.1. The van der Waals surface area contributed by atoms with Crippen molar-refractivity contribution in [2.24, 2.45) is 0 Å². The van der Waals surface area contributed by atoms with E-state index in [1.54, 1.807) is 24.3 Å². The summed E-state index contributed by atoms with van der Waals surface area (Å²) in [6.45, 7) is -0.174. The Morgan fingerprint density at radius 2 is 1.32 bits per heavy atom. The van der Waals surface area contributed by atoms with E-state index in [4.69, 9.17) is 23.2 Å². The quantitative estimate of drug-likeness (QED) is 0.137. The van der Waals surface area contributed by atoms with Crippen molar-refractivity contribution in [1.82, 2.24) is 4.31 Å². The van der Waals surface area contributed by atoms with Gasteiger partial charge >= 0.3 is 5.97 Å². The highest BCUT2D eigenvalue weighted by Crippen LogP contribution is 2.37. The van der Waals surface area contributed by atoms with Gasteiger partial charge in [-0.25, -0.2) is 21.6 Å². The number of phenolic OH excluding ortho intramolecular Hbond substituents is 1. The fraction of sp³-hybridized carbons (Fsp3) is 0.114. The molecule has 5 rings (SSSR count). The van der Waals surface area contributed by atoms with Crippen molar-refractivity contribution in [3.8, 4) is 16.9 Å². The first kappa shape index (κ1) is 34.2. The molecule has 0 bridgehead atoms. The van der Waals surface area contributed by atoms with Crippen LogP contribution < -0.4 is 0 Å². The molecule has 0 spiro atoms. The van der Waals surface area contributed by atoms with Gasteiger partial charge in [0.25, 0.3) is 0 Å². The van der Waals surface area contributed by atoms with Gasteiger partial charge in [-0.3, -0.25) is 0 Å². The first-order valence-corrected chi connectivity index (χ1v) is 18.1. The third-order valence-corrected chi connectivity index (χ3v) is 11.5. The normalized spacial score (nSPS) is 11.9. The molecule has 0 aromatic heterocycles. The van der Waals surface area contributed by atoms with Crippen LogP contribution in [0.2, 0.25) is 10.0 Å². The molecule has 0 radical (unpaired) electrons. The SMILES string of the molecule is O=C(O)c1cccc(S(=O)(=O)CCc2cccc(CN(Cc3ccc(-c4ccccc4)cc3)S(=O)(=O)c3cc(Cl)cc(Cl)c3O)c2)c1. The summed E-state index contributed by atoms with van der Waals surface area (Å²) in [5.74, 6) is -2.13. The number of carboxylic acid groups (broad SMARTS) is 1. The predicted molar refractivity (Wildman–Crippen MR) is 182 cm³/mol. The number of hydrogen-bond acceptors (Lipinski definition) is 6. The van der Waals surface area contributed by atoms with Crippen LogP contribution in [0.3, 0.4) is 0 Å². The first-order chi connectivity index (χ1) is 22.3. The second-order valence-corrected chi connectivity index (χ2v) is 15.7. The predicted octanol–water partition coefficient (Wildman–Crippen LogP) is 7.47. The van der Waals surface area contributed by atoms with Crippen LogP contribution in [-0.2, 0) is 39.4 Å². The first-order valence-electron chi connectivity index (χ1n) is 14.3. The lowest BCUT2D eigenvalue weighted by molar-refractivity contribution is 0.0696. The number of carbonyl (C=O) groups is 1. The Morgan fingerprint density at radius 1 is 0.681 bits per heavy atom. The number of nitrogens with zero attached hydrogens (tertiary/aromatic N) is 1. The van der Waals surface area contributed by atoms with E-state index in [0.717, 1.165) is 23.3 Å². The van der Waals surface area contributed by atoms with Crippen molar-refractivity contribution >= 4 is 49.0 Å². The lowest BCUT2D eigenvalue weighted by atomic mass is 10.0. The summed E-state index contributed by atoms with van der Waals surface area (Å²) in [4.78, 5) is 10.8. The number of aromatic hydroxyl groups is 1. The molecule has 0 unspecified atom stereocenters. The second kappa shape index (κ2) is 14.3. The monoisotopic (exact) mass is 709 g/mol. The van der Waals surface area contributed by atoms with Crippen LogP contribution in [0, 0.1) is 0 Å². The topological polar surface area (TPSA) is 129 Å². The number of phenols is 1. The Kier molecular flexibility index (Phi) is 10.4. The second-order valence-electron chi connectivity index (χ2n) is 10.8. The van der Waals surface area contributed by atoms with E-state index in [0.29, 0.717) is 16.7 Å². The van der Waals surface area contributed by atoms with Crippen molar-refractivity contribution < 1.29 is 31.8 Å². The number of sulfone groups is 1. The van der Waals surface area contributed by atoms with E-state index in [1.165, 1.54) is 28.6 Å². The van der Waals surface area contributed by atoms with E-state index >= 15 is 0 Å². The van der Waals surface area contributed by atoms with Crippen LogP contribution in [0.15, 0.2) is 125 Å². The zero-order valence-electron chi connectivity index (χ0n) is 24.8. The molecule has 12 heteroatoms. The molecule has 242 valence electrons. The minimum atomic E-state index is -4.36. The minimum absolute atomic E-state index is 0.0376. The van der Waals surface area contributed by atoms with E-state index < -0.39 is 36.5 Å². The van der Waals surface area contributed by atoms with Gasteiger partial charge in [-0.05, 0) is 64.6 Å². The minimum Gasteiger partial charge on any atom is -0.505 e. The van der Waals surface area contributed by atoms with Gasteiger partial charge in [-0.2, -0.15) is 4.31 Å². The van der Waals surface area contributed by atoms with E-state index in [-0.39, 0.29) is 45.8 Å². The molecule has 8 nitrogen and oxygen atoms in total. The molecule has 0 atom stereocenters. The van der Waals surface area contributed by atoms with Gasteiger partial charge in [-0.1, -0.05) is 108 Å². The fourth-order valence-electron chi connectivity index (χ4n) is 5.02. The van der Waals surface area contributed by atoms with Gasteiger partial charge in [-0.15, -0.1) is 0 Å². The molecular weight excluding hydrogens is 681 g/mol. The van der Waals surface area contributed by atoms with Crippen molar-refractivity contribution in [1.29, 1.82) is 0 Å². The van der Waals surface area contributed by atoms with E-state index in [2.05, 4.69) is 0 Å². The number of halogens is 2. The maximum atomic E-state index is 14.1. The average Bonchev–Trinajstić information content (AvgIpc) is 3.06. The molecule has 5 aromatic carbocycles. The number of aromatic carboxylic acids is 1. The maximum Gasteiger partial charge on any atom is 0.335 e. The lowest BCUT2D eigenvalue weighted by Crippen LogP contribution is -2.30. The van der Waals surface area contributed by atoms with Crippen molar-refractivity contribution in [3.05, 3.63) is 148 Å². The summed E-state index contributed by atoms with van der Waals surface area (Å²) in [6, 6.07) is 31.6. The molecule has 0 heterocycles. The van der Waals surface area contributed by atoms with Gasteiger partial charge < -0.3 is 10.2 Å². The third-order valence-electron chi connectivity index (χ3n) is 7.48. The highest BCUT2D eigenvalue weighted by Gasteiger charge is 2.30. The van der Waals surface area contributed by atoms with Gasteiger partial charge in [0, 0.05) is 18.1 Å². The fourth-order valence-corrected chi connectivity index (χ4v) is 8.51. The number of sulfonamides is 1. The molecule has 0 fully saturated rings. The summed E-state index contributed by atoms with van der Waals surface area (Å²) in [7, 11) is -8.17. The third kappa shape index (κ3) is 8.22. The molecule has 2 N–H and O–H groups in total. The van der Waals surface area contributed by atoms with E-state index in [9.17, 15) is 31.8 Å². The number of hydrogen-bond donors (Lipinski definition) is 2.